The van der Waals surface area contributed by atoms with E-state index in [9.17, 15) is 9.59 Å². The van der Waals surface area contributed by atoms with E-state index in [1.165, 1.54) is 4.90 Å². The Kier molecular flexibility index (Phi) is 6.12. The van der Waals surface area contributed by atoms with Crippen LogP contribution >= 0.6 is 0 Å². The first-order chi connectivity index (χ1) is 14.7. The average Bonchev–Trinajstić information content (AvgIpc) is 3.23. The van der Waals surface area contributed by atoms with Crippen LogP contribution in [0.25, 0.3) is 0 Å². The second-order valence-electron chi connectivity index (χ2n) is 7.26. The Balaban J connectivity index is 1.39. The third kappa shape index (κ3) is 5.50. The summed E-state index contributed by atoms with van der Waals surface area (Å²) in [5.74, 6) is 1.71. The van der Waals surface area contributed by atoms with E-state index >= 15 is 0 Å². The average molecular weight is 409 g/mol. The van der Waals surface area contributed by atoms with Gasteiger partial charge in [-0.25, -0.2) is 0 Å². The number of furan rings is 1. The fraction of sp³-hybridized carbons (Fsp3) is 0.318. The molecule has 3 aromatic rings. The summed E-state index contributed by atoms with van der Waals surface area (Å²) in [5, 5.41) is 6.69. The van der Waals surface area contributed by atoms with Crippen molar-refractivity contribution in [2.45, 2.75) is 25.9 Å². The van der Waals surface area contributed by atoms with Gasteiger partial charge in [0.25, 0.3) is 11.8 Å². The maximum absolute atomic E-state index is 12.8. The molecule has 1 aliphatic carbocycles. The van der Waals surface area contributed by atoms with E-state index in [1.54, 1.807) is 36.6 Å². The van der Waals surface area contributed by atoms with Crippen LogP contribution in [0.3, 0.4) is 0 Å². The molecular formula is C22H23N3O5. The van der Waals surface area contributed by atoms with Crippen molar-refractivity contribution < 1.29 is 23.3 Å². The molecule has 1 fully saturated rings. The molecule has 2 amide bonds. The van der Waals surface area contributed by atoms with Gasteiger partial charge in [-0.3, -0.25) is 9.59 Å². The molecule has 8 nitrogen and oxygen atoms in total. The zero-order valence-corrected chi connectivity index (χ0v) is 16.5. The number of benzene rings is 1. The lowest BCUT2D eigenvalue weighted by Crippen LogP contribution is -2.34. The smallest absolute Gasteiger partial charge is 0.273 e. The second kappa shape index (κ2) is 9.30. The Bertz CT molecular complexity index is 964. The summed E-state index contributed by atoms with van der Waals surface area (Å²) in [4.78, 5) is 26.5. The lowest BCUT2D eigenvalue weighted by atomic mass is 10.3. The highest BCUT2D eigenvalue weighted by molar-refractivity contribution is 5.92. The van der Waals surface area contributed by atoms with E-state index in [2.05, 4.69) is 10.5 Å². The van der Waals surface area contributed by atoms with Crippen LogP contribution in [0.4, 0.5) is 0 Å². The second-order valence-corrected chi connectivity index (χ2v) is 7.26. The number of aromatic nitrogens is 1. The van der Waals surface area contributed by atoms with Gasteiger partial charge in [0, 0.05) is 12.6 Å². The number of carbonyl (C=O) groups excluding carboxylic acids is 2. The summed E-state index contributed by atoms with van der Waals surface area (Å²) in [5.41, 5.74) is 0.205. The zero-order valence-electron chi connectivity index (χ0n) is 16.5. The monoisotopic (exact) mass is 409 g/mol. The van der Waals surface area contributed by atoms with E-state index in [-0.39, 0.29) is 37.2 Å². The van der Waals surface area contributed by atoms with Crippen molar-refractivity contribution in [3.8, 4) is 5.75 Å². The van der Waals surface area contributed by atoms with Crippen LogP contribution in [0, 0.1) is 5.92 Å². The van der Waals surface area contributed by atoms with Crippen molar-refractivity contribution in [1.29, 1.82) is 0 Å². The molecule has 0 radical (unpaired) electrons. The van der Waals surface area contributed by atoms with Gasteiger partial charge in [-0.15, -0.1) is 0 Å². The Hall–Kier alpha value is -3.55. The van der Waals surface area contributed by atoms with Gasteiger partial charge in [0.1, 0.15) is 11.5 Å². The predicted molar refractivity (Wildman–Crippen MR) is 106 cm³/mol. The molecule has 1 saturated carbocycles. The van der Waals surface area contributed by atoms with Crippen LogP contribution < -0.4 is 10.1 Å². The maximum atomic E-state index is 12.8. The number of rotatable bonds is 10. The molecule has 1 N–H and O–H groups in total. The van der Waals surface area contributed by atoms with Crippen LogP contribution in [-0.4, -0.2) is 35.0 Å². The van der Waals surface area contributed by atoms with Gasteiger partial charge >= 0.3 is 0 Å². The summed E-state index contributed by atoms with van der Waals surface area (Å²) in [6.07, 6.45) is 3.85. The number of para-hydroxylation sites is 1. The number of hydrogen-bond donors (Lipinski definition) is 1. The van der Waals surface area contributed by atoms with E-state index < -0.39 is 0 Å². The number of nitrogens with one attached hydrogen (secondary N) is 1. The largest absolute Gasteiger partial charge is 0.484 e. The van der Waals surface area contributed by atoms with Crippen LogP contribution in [0.1, 0.15) is 34.9 Å². The summed E-state index contributed by atoms with van der Waals surface area (Å²) in [7, 11) is 0. The van der Waals surface area contributed by atoms with Gasteiger partial charge in [0.05, 0.1) is 19.4 Å². The summed E-state index contributed by atoms with van der Waals surface area (Å²) in [6.45, 7) is 0.906. The Labute approximate surface area is 173 Å². The van der Waals surface area contributed by atoms with Crippen LogP contribution in [0.15, 0.2) is 63.7 Å². The van der Waals surface area contributed by atoms with Gasteiger partial charge < -0.3 is 23.9 Å². The van der Waals surface area contributed by atoms with Gasteiger partial charge in [-0.05, 0) is 43.0 Å². The number of ether oxygens (including phenoxy) is 1. The first-order valence-corrected chi connectivity index (χ1v) is 9.89. The minimum Gasteiger partial charge on any atom is -0.484 e. The van der Waals surface area contributed by atoms with Crippen molar-refractivity contribution in [2.24, 2.45) is 5.92 Å². The topological polar surface area (TPSA) is 97.8 Å². The maximum Gasteiger partial charge on any atom is 0.273 e. The molecule has 1 aliphatic rings. The lowest BCUT2D eigenvalue weighted by molar-refractivity contribution is -0.135. The van der Waals surface area contributed by atoms with Crippen molar-refractivity contribution in [3.63, 3.8) is 0 Å². The molecular weight excluding hydrogens is 386 g/mol. The van der Waals surface area contributed by atoms with Crippen LogP contribution in [0.2, 0.25) is 0 Å². The van der Waals surface area contributed by atoms with Gasteiger partial charge in [0.15, 0.2) is 18.1 Å². The molecule has 0 unspecified atom stereocenters. The van der Waals surface area contributed by atoms with Crippen molar-refractivity contribution in [1.82, 2.24) is 15.4 Å². The van der Waals surface area contributed by atoms with E-state index in [1.807, 2.05) is 18.2 Å². The zero-order chi connectivity index (χ0) is 20.8. The normalized spacial score (nSPS) is 13.1. The Morgan fingerprint density at radius 2 is 1.90 bits per heavy atom. The predicted octanol–water partition coefficient (Wildman–Crippen LogP) is 3.02. The minimum absolute atomic E-state index is 0.131. The number of hydrogen-bond acceptors (Lipinski definition) is 6. The van der Waals surface area contributed by atoms with Crippen LogP contribution in [-0.2, 0) is 17.9 Å². The standard InChI is InChI=1S/C22H23N3O5/c26-21(15-29-17-5-2-1-3-6-17)25(13-18-7-4-10-28-18)14-19-11-20(24-30-19)22(27)23-12-16-8-9-16/h1-7,10-11,16H,8-9,12-15H2,(H,23,27). The third-order valence-corrected chi connectivity index (χ3v) is 4.77. The molecule has 156 valence electrons. The Morgan fingerprint density at radius 3 is 2.63 bits per heavy atom. The van der Waals surface area contributed by atoms with E-state index in [0.29, 0.717) is 29.7 Å². The fourth-order valence-corrected chi connectivity index (χ4v) is 2.91. The SMILES string of the molecule is O=C(NCC1CC1)c1cc(CN(Cc2ccco2)C(=O)COc2ccccc2)on1. The van der Waals surface area contributed by atoms with Gasteiger partial charge in [0.2, 0.25) is 0 Å². The molecule has 2 aromatic heterocycles. The molecule has 0 bridgehead atoms. The summed E-state index contributed by atoms with van der Waals surface area (Å²) < 4.78 is 16.2. The molecule has 0 aliphatic heterocycles. The highest BCUT2D eigenvalue weighted by atomic mass is 16.5. The van der Waals surface area contributed by atoms with Crippen molar-refractivity contribution >= 4 is 11.8 Å². The highest BCUT2D eigenvalue weighted by Gasteiger charge is 2.24. The highest BCUT2D eigenvalue weighted by Crippen LogP contribution is 2.27. The summed E-state index contributed by atoms with van der Waals surface area (Å²) in [6, 6.07) is 14.2. The minimum atomic E-state index is -0.270. The molecule has 0 saturated heterocycles. The number of carbonyl (C=O) groups is 2. The van der Waals surface area contributed by atoms with E-state index in [4.69, 9.17) is 13.7 Å². The molecule has 0 spiro atoms. The quantitative estimate of drug-likeness (QED) is 0.553. The van der Waals surface area contributed by atoms with Crippen molar-refractivity contribution in [3.05, 3.63) is 72.0 Å². The molecule has 0 atom stereocenters. The Morgan fingerprint density at radius 1 is 1.10 bits per heavy atom. The molecule has 2 heterocycles. The summed E-state index contributed by atoms with van der Waals surface area (Å²) >= 11 is 0. The first-order valence-electron chi connectivity index (χ1n) is 9.89. The molecule has 4 rings (SSSR count). The first kappa shape index (κ1) is 19.8. The van der Waals surface area contributed by atoms with Gasteiger partial charge in [-0.1, -0.05) is 23.4 Å². The molecule has 8 heteroatoms. The van der Waals surface area contributed by atoms with Crippen LogP contribution in [0.5, 0.6) is 5.75 Å². The lowest BCUT2D eigenvalue weighted by Gasteiger charge is -2.20. The third-order valence-electron chi connectivity index (χ3n) is 4.77. The van der Waals surface area contributed by atoms with E-state index in [0.717, 1.165) is 12.8 Å². The van der Waals surface area contributed by atoms with Crippen molar-refractivity contribution in [2.75, 3.05) is 13.2 Å². The number of nitrogens with zero attached hydrogens (tertiary/aromatic N) is 2. The van der Waals surface area contributed by atoms with Gasteiger partial charge in [-0.2, -0.15) is 0 Å². The number of amides is 2. The molecule has 1 aromatic carbocycles. The fourth-order valence-electron chi connectivity index (χ4n) is 2.91. The molecule has 30 heavy (non-hydrogen) atoms.